The number of rotatable bonds is 8. The van der Waals surface area contributed by atoms with Crippen molar-refractivity contribution in [1.29, 1.82) is 0 Å². The summed E-state index contributed by atoms with van der Waals surface area (Å²) in [7, 11) is -3.06. The van der Waals surface area contributed by atoms with Crippen molar-refractivity contribution in [2.24, 2.45) is 5.92 Å². The number of benzene rings is 1. The van der Waals surface area contributed by atoms with Gasteiger partial charge in [0.05, 0.1) is 6.26 Å². The van der Waals surface area contributed by atoms with Crippen molar-refractivity contribution in [2.75, 3.05) is 19.3 Å². The summed E-state index contributed by atoms with van der Waals surface area (Å²) in [5.74, 6) is 0.741. The summed E-state index contributed by atoms with van der Waals surface area (Å²) >= 11 is 0. The lowest BCUT2D eigenvalue weighted by molar-refractivity contribution is 0.474. The molecule has 1 aromatic rings. The maximum atomic E-state index is 10.9. The minimum Gasteiger partial charge on any atom is -0.310 e. The van der Waals surface area contributed by atoms with Crippen molar-refractivity contribution in [1.82, 2.24) is 10.0 Å². The van der Waals surface area contributed by atoms with E-state index >= 15 is 0 Å². The molecule has 4 nitrogen and oxygen atoms in total. The zero-order valence-electron chi connectivity index (χ0n) is 11.3. The quantitative estimate of drug-likeness (QED) is 0.713. The van der Waals surface area contributed by atoms with E-state index < -0.39 is 10.0 Å². The SMILES string of the molecule is CS(=O)(=O)NCCCNC(c1ccccc1)C1CC1. The van der Waals surface area contributed by atoms with Crippen LogP contribution in [-0.4, -0.2) is 27.8 Å². The van der Waals surface area contributed by atoms with E-state index in [1.165, 1.54) is 24.7 Å². The fourth-order valence-corrected chi connectivity index (χ4v) is 2.77. The lowest BCUT2D eigenvalue weighted by atomic mass is 10.0. The smallest absolute Gasteiger partial charge is 0.208 e. The lowest BCUT2D eigenvalue weighted by Crippen LogP contribution is -2.29. The van der Waals surface area contributed by atoms with Gasteiger partial charge in [-0.1, -0.05) is 30.3 Å². The maximum Gasteiger partial charge on any atom is 0.208 e. The Kier molecular flexibility index (Phi) is 4.96. The second kappa shape index (κ2) is 6.50. The first-order chi connectivity index (χ1) is 9.06. The third kappa shape index (κ3) is 5.30. The molecule has 0 amide bonds. The Balaban J connectivity index is 1.76. The highest BCUT2D eigenvalue weighted by Crippen LogP contribution is 2.40. The Bertz CT molecular complexity index is 483. The molecule has 0 saturated heterocycles. The first-order valence-electron chi connectivity index (χ1n) is 6.79. The van der Waals surface area contributed by atoms with Crippen LogP contribution in [0.4, 0.5) is 0 Å². The van der Waals surface area contributed by atoms with Crippen LogP contribution >= 0.6 is 0 Å². The van der Waals surface area contributed by atoms with Gasteiger partial charge in [-0.3, -0.25) is 0 Å². The van der Waals surface area contributed by atoms with E-state index in [1.807, 2.05) is 6.07 Å². The lowest BCUT2D eigenvalue weighted by Gasteiger charge is -2.18. The van der Waals surface area contributed by atoms with Crippen molar-refractivity contribution < 1.29 is 8.42 Å². The molecule has 1 aliphatic carbocycles. The summed E-state index contributed by atoms with van der Waals surface area (Å²) in [5, 5.41) is 3.55. The van der Waals surface area contributed by atoms with E-state index in [-0.39, 0.29) is 0 Å². The third-order valence-corrected chi connectivity index (χ3v) is 4.06. The van der Waals surface area contributed by atoms with Gasteiger partial charge in [-0.25, -0.2) is 13.1 Å². The average molecular weight is 282 g/mol. The fourth-order valence-electron chi connectivity index (χ4n) is 2.25. The molecule has 2 N–H and O–H groups in total. The van der Waals surface area contributed by atoms with Gasteiger partial charge in [0.2, 0.25) is 10.0 Å². The van der Waals surface area contributed by atoms with Gasteiger partial charge in [-0.15, -0.1) is 0 Å². The Morgan fingerprint density at radius 3 is 2.47 bits per heavy atom. The minimum atomic E-state index is -3.06. The molecule has 1 atom stereocenters. The van der Waals surface area contributed by atoms with Crippen LogP contribution in [-0.2, 0) is 10.0 Å². The Morgan fingerprint density at radius 2 is 1.89 bits per heavy atom. The third-order valence-electron chi connectivity index (χ3n) is 3.33. The predicted octanol–water partition coefficient (Wildman–Crippen LogP) is 1.67. The summed E-state index contributed by atoms with van der Waals surface area (Å²) in [4.78, 5) is 0. The molecular weight excluding hydrogens is 260 g/mol. The molecule has 0 spiro atoms. The molecule has 0 radical (unpaired) electrons. The van der Waals surface area contributed by atoms with E-state index in [0.29, 0.717) is 12.6 Å². The minimum absolute atomic E-state index is 0.416. The number of hydrogen-bond acceptors (Lipinski definition) is 3. The van der Waals surface area contributed by atoms with E-state index in [0.717, 1.165) is 18.9 Å². The molecule has 0 bridgehead atoms. The maximum absolute atomic E-state index is 10.9. The Hall–Kier alpha value is -0.910. The van der Waals surface area contributed by atoms with Crippen LogP contribution in [0, 0.1) is 5.92 Å². The summed E-state index contributed by atoms with van der Waals surface area (Å²) in [6.45, 7) is 1.33. The summed E-state index contributed by atoms with van der Waals surface area (Å²) < 4.78 is 24.4. The average Bonchev–Trinajstić information content (AvgIpc) is 3.18. The summed E-state index contributed by atoms with van der Waals surface area (Å²) in [6.07, 6.45) is 4.57. The first kappa shape index (κ1) is 14.5. The van der Waals surface area contributed by atoms with Crippen molar-refractivity contribution in [2.45, 2.75) is 25.3 Å². The molecule has 1 saturated carbocycles. The Labute approximate surface area is 115 Å². The van der Waals surface area contributed by atoms with E-state index in [2.05, 4.69) is 34.3 Å². The highest BCUT2D eigenvalue weighted by molar-refractivity contribution is 7.88. The molecule has 2 rings (SSSR count). The molecule has 106 valence electrons. The van der Waals surface area contributed by atoms with Gasteiger partial charge in [-0.05, 0) is 37.3 Å². The van der Waals surface area contributed by atoms with E-state index in [1.54, 1.807) is 0 Å². The van der Waals surface area contributed by atoms with Crippen LogP contribution in [0.2, 0.25) is 0 Å². The number of nitrogens with one attached hydrogen (secondary N) is 2. The van der Waals surface area contributed by atoms with Crippen LogP contribution in [0.3, 0.4) is 0 Å². The normalized spacial score (nSPS) is 17.3. The molecule has 1 unspecified atom stereocenters. The van der Waals surface area contributed by atoms with Crippen molar-refractivity contribution in [3.05, 3.63) is 35.9 Å². The molecule has 19 heavy (non-hydrogen) atoms. The van der Waals surface area contributed by atoms with E-state index in [9.17, 15) is 8.42 Å². The zero-order chi connectivity index (χ0) is 13.7. The Morgan fingerprint density at radius 1 is 1.21 bits per heavy atom. The van der Waals surface area contributed by atoms with Gasteiger partial charge in [0.1, 0.15) is 0 Å². The second-order valence-electron chi connectivity index (χ2n) is 5.20. The molecular formula is C14H22N2O2S. The standard InChI is InChI=1S/C14H22N2O2S/c1-19(17,18)16-11-5-10-15-14(13-8-9-13)12-6-3-2-4-7-12/h2-4,6-7,13-16H,5,8-11H2,1H3. The zero-order valence-corrected chi connectivity index (χ0v) is 12.1. The molecule has 1 aliphatic rings. The largest absolute Gasteiger partial charge is 0.310 e. The summed E-state index contributed by atoms with van der Waals surface area (Å²) in [5.41, 5.74) is 1.33. The number of sulfonamides is 1. The van der Waals surface area contributed by atoms with Crippen LogP contribution in [0.15, 0.2) is 30.3 Å². The van der Waals surface area contributed by atoms with Gasteiger partial charge in [-0.2, -0.15) is 0 Å². The van der Waals surface area contributed by atoms with Gasteiger partial charge in [0.15, 0.2) is 0 Å². The fraction of sp³-hybridized carbons (Fsp3) is 0.571. The topological polar surface area (TPSA) is 58.2 Å². The summed E-state index contributed by atoms with van der Waals surface area (Å²) in [6, 6.07) is 10.9. The van der Waals surface area contributed by atoms with Crippen molar-refractivity contribution in [3.8, 4) is 0 Å². The molecule has 0 aliphatic heterocycles. The van der Waals surface area contributed by atoms with Gasteiger partial charge < -0.3 is 5.32 Å². The molecule has 0 aromatic heterocycles. The number of hydrogen-bond donors (Lipinski definition) is 2. The van der Waals surface area contributed by atoms with Crippen molar-refractivity contribution in [3.63, 3.8) is 0 Å². The van der Waals surface area contributed by atoms with Crippen LogP contribution < -0.4 is 10.0 Å². The molecule has 1 fully saturated rings. The van der Waals surface area contributed by atoms with Crippen LogP contribution in [0.5, 0.6) is 0 Å². The highest BCUT2D eigenvalue weighted by atomic mass is 32.2. The van der Waals surface area contributed by atoms with Gasteiger partial charge >= 0.3 is 0 Å². The second-order valence-corrected chi connectivity index (χ2v) is 7.03. The molecule has 1 aromatic carbocycles. The molecule has 5 heteroatoms. The van der Waals surface area contributed by atoms with Crippen molar-refractivity contribution >= 4 is 10.0 Å². The monoisotopic (exact) mass is 282 g/mol. The van der Waals surface area contributed by atoms with E-state index in [4.69, 9.17) is 0 Å². The predicted molar refractivity (Wildman–Crippen MR) is 77.4 cm³/mol. The first-order valence-corrected chi connectivity index (χ1v) is 8.68. The highest BCUT2D eigenvalue weighted by Gasteiger charge is 2.31. The molecule has 0 heterocycles. The van der Waals surface area contributed by atoms with Crippen LogP contribution in [0.25, 0.3) is 0 Å². The van der Waals surface area contributed by atoms with Gasteiger partial charge in [0.25, 0.3) is 0 Å². The van der Waals surface area contributed by atoms with Gasteiger partial charge in [0, 0.05) is 12.6 Å². The van der Waals surface area contributed by atoms with Crippen LogP contribution in [0.1, 0.15) is 30.9 Å².